The van der Waals surface area contributed by atoms with E-state index in [4.69, 9.17) is 4.74 Å². The quantitative estimate of drug-likeness (QED) is 0.430. The van der Waals surface area contributed by atoms with Gasteiger partial charge in [-0.15, -0.1) is 5.10 Å². The number of hydrogen-bond acceptors (Lipinski definition) is 5. The molecule has 1 unspecified atom stereocenters. The van der Waals surface area contributed by atoms with Crippen LogP contribution in [0.3, 0.4) is 0 Å². The number of hydrogen-bond donors (Lipinski definition) is 0. The number of anilines is 1. The summed E-state index contributed by atoms with van der Waals surface area (Å²) in [6.07, 6.45) is 4.77. The molecule has 172 valence electrons. The Labute approximate surface area is 198 Å². The van der Waals surface area contributed by atoms with Crippen LogP contribution in [-0.4, -0.2) is 33.9 Å². The van der Waals surface area contributed by atoms with Gasteiger partial charge in [-0.05, 0) is 88.5 Å². The maximum atomic E-state index is 13.7. The zero-order valence-electron chi connectivity index (χ0n) is 19.4. The number of tetrazole rings is 1. The summed E-state index contributed by atoms with van der Waals surface area (Å²) in [5.74, 6) is 1.31. The number of benzene rings is 3. The fourth-order valence-corrected chi connectivity index (χ4v) is 4.77. The molecular weight excluding hydrogens is 429 g/mol. The summed E-state index contributed by atoms with van der Waals surface area (Å²) in [5, 5.41) is 11.5. The molecule has 1 aromatic heterocycles. The van der Waals surface area contributed by atoms with Crippen LogP contribution in [0, 0.1) is 5.82 Å². The highest BCUT2D eigenvalue weighted by atomic mass is 19.1. The standard InChI is InChI=1S/C27H26FN5O/c1-27(21-7-4-19(5-8-21)6-15-26-29-30-31-32(26)2)25-14-13-24(34-3)18-20(25)16-17-33(27)23-11-9-22(28)10-12-23/h4-15,18H,16-17H2,1-3H3. The third-order valence-corrected chi connectivity index (χ3v) is 6.67. The van der Waals surface area contributed by atoms with E-state index < -0.39 is 5.54 Å². The molecule has 1 aliphatic heterocycles. The Morgan fingerprint density at radius 3 is 2.44 bits per heavy atom. The molecule has 0 aliphatic carbocycles. The Balaban J connectivity index is 1.57. The first-order valence-corrected chi connectivity index (χ1v) is 11.2. The smallest absolute Gasteiger partial charge is 0.174 e. The van der Waals surface area contributed by atoms with Crippen LogP contribution in [0.4, 0.5) is 10.1 Å². The molecule has 0 saturated carbocycles. The normalized spacial score (nSPS) is 17.7. The fourth-order valence-electron chi connectivity index (χ4n) is 4.77. The molecule has 34 heavy (non-hydrogen) atoms. The summed E-state index contributed by atoms with van der Waals surface area (Å²) >= 11 is 0. The molecule has 0 amide bonds. The molecule has 0 N–H and O–H groups in total. The van der Waals surface area contributed by atoms with E-state index in [0.29, 0.717) is 5.82 Å². The fraction of sp³-hybridized carbons (Fsp3) is 0.222. The molecule has 7 heteroatoms. The molecule has 0 bridgehead atoms. The number of nitrogens with zero attached hydrogens (tertiary/aromatic N) is 5. The molecule has 0 saturated heterocycles. The Morgan fingerprint density at radius 1 is 1.00 bits per heavy atom. The molecule has 1 aliphatic rings. The number of methoxy groups -OCH3 is 1. The Bertz CT molecular complexity index is 1330. The lowest BCUT2D eigenvalue weighted by Gasteiger charge is -2.48. The first-order chi connectivity index (χ1) is 16.5. The summed E-state index contributed by atoms with van der Waals surface area (Å²) in [6.45, 7) is 3.04. The van der Waals surface area contributed by atoms with E-state index >= 15 is 0 Å². The van der Waals surface area contributed by atoms with Gasteiger partial charge in [-0.2, -0.15) is 0 Å². The van der Waals surface area contributed by atoms with Crippen molar-refractivity contribution in [3.63, 3.8) is 0 Å². The summed E-state index contributed by atoms with van der Waals surface area (Å²) in [6, 6.07) is 21.6. The highest BCUT2D eigenvalue weighted by Crippen LogP contribution is 2.44. The van der Waals surface area contributed by atoms with E-state index in [9.17, 15) is 4.39 Å². The average Bonchev–Trinajstić information content (AvgIpc) is 3.28. The largest absolute Gasteiger partial charge is 0.497 e. The number of rotatable bonds is 5. The minimum Gasteiger partial charge on any atom is -0.497 e. The molecule has 3 aromatic carbocycles. The van der Waals surface area contributed by atoms with Gasteiger partial charge in [0.1, 0.15) is 11.6 Å². The number of fused-ring (bicyclic) bond motifs is 1. The molecular formula is C27H26FN5O. The van der Waals surface area contributed by atoms with Crippen LogP contribution >= 0.6 is 0 Å². The van der Waals surface area contributed by atoms with Gasteiger partial charge in [0, 0.05) is 19.3 Å². The number of aromatic nitrogens is 4. The second kappa shape index (κ2) is 8.74. The van der Waals surface area contributed by atoms with Crippen molar-refractivity contribution in [1.29, 1.82) is 0 Å². The number of aryl methyl sites for hydroxylation is 1. The topological polar surface area (TPSA) is 56.1 Å². The Hall–Kier alpha value is -4.00. The summed E-state index contributed by atoms with van der Waals surface area (Å²) in [7, 11) is 3.50. The molecule has 1 atom stereocenters. The summed E-state index contributed by atoms with van der Waals surface area (Å²) in [4.78, 5) is 2.36. The van der Waals surface area contributed by atoms with Crippen LogP contribution in [0.15, 0.2) is 66.7 Å². The lowest BCUT2D eigenvalue weighted by atomic mass is 9.76. The van der Waals surface area contributed by atoms with Crippen LogP contribution in [-0.2, 0) is 19.0 Å². The molecule has 6 nitrogen and oxygen atoms in total. The Kier molecular flexibility index (Phi) is 5.61. The van der Waals surface area contributed by atoms with E-state index in [1.54, 1.807) is 11.8 Å². The molecule has 5 rings (SSSR count). The van der Waals surface area contributed by atoms with Crippen molar-refractivity contribution < 1.29 is 9.13 Å². The zero-order valence-corrected chi connectivity index (χ0v) is 19.4. The minimum absolute atomic E-state index is 0.234. The number of halogens is 1. The maximum Gasteiger partial charge on any atom is 0.174 e. The molecule has 0 radical (unpaired) electrons. The van der Waals surface area contributed by atoms with Crippen molar-refractivity contribution in [1.82, 2.24) is 20.2 Å². The maximum absolute atomic E-state index is 13.7. The highest BCUT2D eigenvalue weighted by Gasteiger charge is 2.40. The van der Waals surface area contributed by atoms with E-state index in [1.165, 1.54) is 23.3 Å². The second-order valence-electron chi connectivity index (χ2n) is 8.59. The SMILES string of the molecule is COc1ccc2c(c1)CCN(c1ccc(F)cc1)C2(C)c1ccc(C=Cc2nnnn2C)cc1. The van der Waals surface area contributed by atoms with Crippen molar-refractivity contribution in [3.8, 4) is 5.75 Å². The van der Waals surface area contributed by atoms with Gasteiger partial charge in [0.25, 0.3) is 0 Å². The predicted molar refractivity (Wildman–Crippen MR) is 131 cm³/mol. The predicted octanol–water partition coefficient (Wildman–Crippen LogP) is 4.85. The lowest BCUT2D eigenvalue weighted by Crippen LogP contribution is -2.49. The third kappa shape index (κ3) is 3.83. The van der Waals surface area contributed by atoms with Crippen molar-refractivity contribution >= 4 is 17.8 Å². The van der Waals surface area contributed by atoms with E-state index in [-0.39, 0.29) is 5.82 Å². The van der Waals surface area contributed by atoms with Gasteiger partial charge < -0.3 is 9.64 Å². The van der Waals surface area contributed by atoms with Crippen LogP contribution in [0.25, 0.3) is 12.2 Å². The van der Waals surface area contributed by atoms with Crippen molar-refractivity contribution in [3.05, 3.63) is 101 Å². The van der Waals surface area contributed by atoms with Crippen molar-refractivity contribution in [2.45, 2.75) is 18.9 Å². The van der Waals surface area contributed by atoms with Gasteiger partial charge >= 0.3 is 0 Å². The molecule has 4 aromatic rings. The number of ether oxygens (including phenoxy) is 1. The van der Waals surface area contributed by atoms with Crippen molar-refractivity contribution in [2.24, 2.45) is 7.05 Å². The zero-order chi connectivity index (χ0) is 23.7. The van der Waals surface area contributed by atoms with Gasteiger partial charge in [0.05, 0.1) is 12.6 Å². The van der Waals surface area contributed by atoms with Gasteiger partial charge in [0.15, 0.2) is 5.82 Å². The van der Waals surface area contributed by atoms with Crippen molar-refractivity contribution in [2.75, 3.05) is 18.6 Å². The van der Waals surface area contributed by atoms with Crippen LogP contribution in [0.1, 0.15) is 35.0 Å². The van der Waals surface area contributed by atoms with Gasteiger partial charge in [-0.1, -0.05) is 36.4 Å². The van der Waals surface area contributed by atoms with E-state index in [2.05, 4.69) is 63.7 Å². The third-order valence-electron chi connectivity index (χ3n) is 6.67. The average molecular weight is 456 g/mol. The molecule has 0 spiro atoms. The second-order valence-corrected chi connectivity index (χ2v) is 8.59. The van der Waals surface area contributed by atoms with E-state index in [0.717, 1.165) is 35.5 Å². The molecule has 2 heterocycles. The minimum atomic E-state index is -0.437. The lowest BCUT2D eigenvalue weighted by molar-refractivity contribution is 0.411. The first-order valence-electron chi connectivity index (χ1n) is 11.2. The summed E-state index contributed by atoms with van der Waals surface area (Å²) in [5.41, 5.74) is 5.24. The monoisotopic (exact) mass is 455 g/mol. The molecule has 0 fully saturated rings. The Morgan fingerprint density at radius 2 is 1.76 bits per heavy atom. The highest BCUT2D eigenvalue weighted by molar-refractivity contribution is 5.67. The van der Waals surface area contributed by atoms with Crippen LogP contribution in [0.5, 0.6) is 5.75 Å². The van der Waals surface area contributed by atoms with Gasteiger partial charge in [-0.25, -0.2) is 9.07 Å². The first kappa shape index (κ1) is 21.8. The summed E-state index contributed by atoms with van der Waals surface area (Å²) < 4.78 is 20.8. The van der Waals surface area contributed by atoms with Gasteiger partial charge in [-0.3, -0.25) is 0 Å². The van der Waals surface area contributed by atoms with Crippen LogP contribution in [0.2, 0.25) is 0 Å². The van der Waals surface area contributed by atoms with Gasteiger partial charge in [0.2, 0.25) is 0 Å². The van der Waals surface area contributed by atoms with E-state index in [1.807, 2.05) is 37.4 Å². The van der Waals surface area contributed by atoms with Crippen LogP contribution < -0.4 is 9.64 Å².